The Morgan fingerprint density at radius 2 is 1.89 bits per heavy atom. The first-order chi connectivity index (χ1) is 9.13. The predicted molar refractivity (Wildman–Crippen MR) is 71.9 cm³/mol. The van der Waals surface area contributed by atoms with E-state index in [2.05, 4.69) is 6.07 Å². The van der Waals surface area contributed by atoms with Crippen LogP contribution in [0.25, 0.3) is 0 Å². The van der Waals surface area contributed by atoms with Gasteiger partial charge in [-0.1, -0.05) is 0 Å². The molecule has 1 saturated carbocycles. The molecule has 0 unspecified atom stereocenters. The Bertz CT molecular complexity index is 496. The van der Waals surface area contributed by atoms with E-state index >= 15 is 0 Å². The molecule has 1 aromatic carbocycles. The van der Waals surface area contributed by atoms with Gasteiger partial charge < -0.3 is 9.64 Å². The van der Waals surface area contributed by atoms with Crippen molar-refractivity contribution in [1.82, 2.24) is 4.90 Å². The smallest absolute Gasteiger partial charge is 0.254 e. The molecule has 0 spiro atoms. The number of methoxy groups -OCH3 is 1. The number of nitriles is 1. The summed E-state index contributed by atoms with van der Waals surface area (Å²) in [4.78, 5) is 14.0. The van der Waals surface area contributed by atoms with Gasteiger partial charge in [-0.25, -0.2) is 0 Å². The average molecular weight is 258 g/mol. The number of carbonyl (C=O) groups is 1. The topological polar surface area (TPSA) is 53.3 Å². The summed E-state index contributed by atoms with van der Waals surface area (Å²) in [5, 5.41) is 9.40. The van der Waals surface area contributed by atoms with Gasteiger partial charge in [0.05, 0.1) is 13.2 Å². The van der Waals surface area contributed by atoms with Crippen molar-refractivity contribution in [2.75, 3.05) is 14.2 Å². The number of hydrogen-bond donors (Lipinski definition) is 0. The van der Waals surface area contributed by atoms with Crippen molar-refractivity contribution in [2.45, 2.75) is 31.2 Å². The van der Waals surface area contributed by atoms with E-state index in [0.717, 1.165) is 31.4 Å². The number of benzene rings is 1. The molecule has 0 atom stereocenters. The molecule has 0 radical (unpaired) electrons. The zero-order valence-corrected chi connectivity index (χ0v) is 11.3. The Balaban J connectivity index is 2.20. The van der Waals surface area contributed by atoms with Crippen molar-refractivity contribution < 1.29 is 9.53 Å². The maximum Gasteiger partial charge on any atom is 0.254 e. The van der Waals surface area contributed by atoms with Crippen LogP contribution in [0.3, 0.4) is 0 Å². The van der Waals surface area contributed by atoms with Crippen LogP contribution in [-0.4, -0.2) is 30.5 Å². The van der Waals surface area contributed by atoms with Gasteiger partial charge in [0.25, 0.3) is 5.91 Å². The summed E-state index contributed by atoms with van der Waals surface area (Å²) in [7, 11) is 3.31. The summed E-state index contributed by atoms with van der Waals surface area (Å²) in [6.45, 7) is 0. The van der Waals surface area contributed by atoms with Crippen LogP contribution in [0.4, 0.5) is 0 Å². The number of ether oxygens (including phenoxy) is 1. The summed E-state index contributed by atoms with van der Waals surface area (Å²) in [5.74, 6) is 0.612. The van der Waals surface area contributed by atoms with Crippen LogP contribution in [0.2, 0.25) is 0 Å². The summed E-state index contributed by atoms with van der Waals surface area (Å²) >= 11 is 0. The molecular weight excluding hydrogens is 240 g/mol. The third-order valence-corrected chi connectivity index (χ3v) is 3.92. The average Bonchev–Trinajstić information content (AvgIpc) is 2.96. The molecule has 1 amide bonds. The van der Waals surface area contributed by atoms with Crippen molar-refractivity contribution in [3.63, 3.8) is 0 Å². The van der Waals surface area contributed by atoms with Gasteiger partial charge >= 0.3 is 0 Å². The lowest BCUT2D eigenvalue weighted by molar-refractivity contribution is 0.0663. The lowest BCUT2D eigenvalue weighted by atomic mass is 9.96. The molecule has 0 bridgehead atoms. The fraction of sp³-hybridized carbons (Fsp3) is 0.467. The van der Waals surface area contributed by atoms with Crippen LogP contribution < -0.4 is 4.74 Å². The number of hydrogen-bond acceptors (Lipinski definition) is 3. The summed E-state index contributed by atoms with van der Waals surface area (Å²) in [6.07, 6.45) is 3.55. The van der Waals surface area contributed by atoms with Gasteiger partial charge in [-0.3, -0.25) is 4.79 Å². The first kappa shape index (κ1) is 13.4. The van der Waals surface area contributed by atoms with E-state index in [-0.39, 0.29) is 5.91 Å². The highest BCUT2D eigenvalue weighted by Gasteiger charge is 2.40. The molecule has 1 aliphatic carbocycles. The Morgan fingerprint density at radius 3 is 2.37 bits per heavy atom. The molecule has 0 N–H and O–H groups in total. The van der Waals surface area contributed by atoms with E-state index in [1.54, 1.807) is 43.3 Å². The van der Waals surface area contributed by atoms with Crippen molar-refractivity contribution in [3.8, 4) is 11.8 Å². The molecule has 0 heterocycles. The third kappa shape index (κ3) is 2.41. The maximum atomic E-state index is 12.4. The zero-order chi connectivity index (χ0) is 13.9. The van der Waals surface area contributed by atoms with Crippen molar-refractivity contribution in [2.24, 2.45) is 0 Å². The molecule has 100 valence electrons. The molecule has 0 saturated heterocycles. The summed E-state index contributed by atoms with van der Waals surface area (Å²) in [5.41, 5.74) is -0.0402. The number of carbonyl (C=O) groups excluding carboxylic acids is 1. The molecular formula is C15H18N2O2. The number of rotatable bonds is 3. The Morgan fingerprint density at radius 1 is 1.32 bits per heavy atom. The number of amides is 1. The molecule has 2 rings (SSSR count). The molecule has 4 nitrogen and oxygen atoms in total. The molecule has 0 aromatic heterocycles. The lowest BCUT2D eigenvalue weighted by Crippen LogP contribution is -2.46. The standard InChI is InChI=1S/C15H18N2O2/c1-17(15(11-16)9-3-4-10-15)14(18)12-5-7-13(19-2)8-6-12/h5-8H,3-4,9-10H2,1-2H3. The normalized spacial score (nSPS) is 16.7. The molecule has 4 heteroatoms. The molecule has 19 heavy (non-hydrogen) atoms. The van der Waals surface area contributed by atoms with Gasteiger partial charge in [-0.15, -0.1) is 0 Å². The highest BCUT2D eigenvalue weighted by Crippen LogP contribution is 2.34. The fourth-order valence-electron chi connectivity index (χ4n) is 2.60. The zero-order valence-electron chi connectivity index (χ0n) is 11.3. The van der Waals surface area contributed by atoms with E-state index in [0.29, 0.717) is 5.56 Å². The molecule has 1 aliphatic rings. The van der Waals surface area contributed by atoms with E-state index < -0.39 is 5.54 Å². The van der Waals surface area contributed by atoms with Crippen LogP contribution >= 0.6 is 0 Å². The van der Waals surface area contributed by atoms with Gasteiger partial charge in [0.1, 0.15) is 11.3 Å². The van der Waals surface area contributed by atoms with Gasteiger partial charge in [0.15, 0.2) is 0 Å². The lowest BCUT2D eigenvalue weighted by Gasteiger charge is -2.32. The van der Waals surface area contributed by atoms with Crippen LogP contribution in [0.15, 0.2) is 24.3 Å². The summed E-state index contributed by atoms with van der Waals surface area (Å²) < 4.78 is 5.07. The second-order valence-corrected chi connectivity index (χ2v) is 4.94. The minimum atomic E-state index is -0.628. The van der Waals surface area contributed by atoms with Crippen LogP contribution in [0.5, 0.6) is 5.75 Å². The van der Waals surface area contributed by atoms with E-state index in [9.17, 15) is 10.1 Å². The van der Waals surface area contributed by atoms with Crippen molar-refractivity contribution in [1.29, 1.82) is 5.26 Å². The monoisotopic (exact) mass is 258 g/mol. The van der Waals surface area contributed by atoms with Gasteiger partial charge in [-0.2, -0.15) is 5.26 Å². The second kappa shape index (κ2) is 5.31. The first-order valence-electron chi connectivity index (χ1n) is 6.46. The summed E-state index contributed by atoms with van der Waals surface area (Å²) in [6, 6.07) is 9.32. The van der Waals surface area contributed by atoms with Gasteiger partial charge in [0.2, 0.25) is 0 Å². The Hall–Kier alpha value is -2.02. The predicted octanol–water partition coefficient (Wildman–Crippen LogP) is 2.60. The molecule has 1 fully saturated rings. The van der Waals surface area contributed by atoms with E-state index in [1.807, 2.05) is 0 Å². The Kier molecular flexibility index (Phi) is 3.75. The van der Waals surface area contributed by atoms with Gasteiger partial charge in [-0.05, 0) is 49.9 Å². The minimum absolute atomic E-state index is 0.105. The van der Waals surface area contributed by atoms with Gasteiger partial charge in [0, 0.05) is 12.6 Å². The highest BCUT2D eigenvalue weighted by molar-refractivity contribution is 5.95. The second-order valence-electron chi connectivity index (χ2n) is 4.94. The van der Waals surface area contributed by atoms with Crippen molar-refractivity contribution in [3.05, 3.63) is 29.8 Å². The van der Waals surface area contributed by atoms with Crippen LogP contribution in [0, 0.1) is 11.3 Å². The van der Waals surface area contributed by atoms with Crippen LogP contribution in [0.1, 0.15) is 36.0 Å². The molecule has 1 aromatic rings. The molecule has 0 aliphatic heterocycles. The quantitative estimate of drug-likeness (QED) is 0.837. The van der Waals surface area contributed by atoms with E-state index in [4.69, 9.17) is 4.74 Å². The first-order valence-corrected chi connectivity index (χ1v) is 6.46. The largest absolute Gasteiger partial charge is 0.497 e. The van der Waals surface area contributed by atoms with Crippen LogP contribution in [-0.2, 0) is 0 Å². The fourth-order valence-corrected chi connectivity index (χ4v) is 2.60. The minimum Gasteiger partial charge on any atom is -0.497 e. The maximum absolute atomic E-state index is 12.4. The highest BCUT2D eigenvalue weighted by atomic mass is 16.5. The van der Waals surface area contributed by atoms with Crippen molar-refractivity contribution >= 4 is 5.91 Å². The number of nitrogens with zero attached hydrogens (tertiary/aromatic N) is 2. The SMILES string of the molecule is COc1ccc(C(=O)N(C)C2(C#N)CCCC2)cc1. The Labute approximate surface area is 113 Å². The third-order valence-electron chi connectivity index (χ3n) is 3.92. The van der Waals surface area contributed by atoms with E-state index in [1.165, 1.54) is 0 Å².